The molecule has 1 unspecified atom stereocenters. The smallest absolute Gasteiger partial charge is 0.0791 e. The van der Waals surface area contributed by atoms with Crippen molar-refractivity contribution in [2.45, 2.75) is 19.4 Å². The van der Waals surface area contributed by atoms with Crippen LogP contribution in [0.25, 0.3) is 10.4 Å². The Labute approximate surface area is 82.8 Å². The van der Waals surface area contributed by atoms with Crippen LogP contribution in [0.3, 0.4) is 0 Å². The van der Waals surface area contributed by atoms with Gasteiger partial charge >= 0.3 is 0 Å². The molecule has 0 fully saturated rings. The highest BCUT2D eigenvalue weighted by Gasteiger charge is 2.05. The first-order chi connectivity index (χ1) is 6.74. The molecule has 0 saturated carbocycles. The van der Waals surface area contributed by atoms with Crippen molar-refractivity contribution in [3.63, 3.8) is 0 Å². The highest BCUT2D eigenvalue weighted by atomic mass is 16.3. The molecule has 0 bridgehead atoms. The Bertz CT molecular complexity index is 328. The van der Waals surface area contributed by atoms with E-state index in [1.807, 2.05) is 31.2 Å². The predicted molar refractivity (Wildman–Crippen MR) is 54.8 cm³/mol. The molecule has 1 N–H and O–H groups in total. The zero-order valence-electron chi connectivity index (χ0n) is 8.09. The molecule has 74 valence electrons. The number of nitrogens with zero attached hydrogens (tertiary/aromatic N) is 3. The lowest BCUT2D eigenvalue weighted by Gasteiger charge is -2.08. The van der Waals surface area contributed by atoms with Crippen LogP contribution in [0.1, 0.15) is 23.7 Å². The minimum Gasteiger partial charge on any atom is -0.388 e. The highest BCUT2D eigenvalue weighted by molar-refractivity contribution is 5.22. The van der Waals surface area contributed by atoms with Crippen molar-refractivity contribution in [1.29, 1.82) is 0 Å². The van der Waals surface area contributed by atoms with Crippen LogP contribution in [-0.2, 0) is 0 Å². The van der Waals surface area contributed by atoms with Crippen molar-refractivity contribution in [2.75, 3.05) is 6.54 Å². The van der Waals surface area contributed by atoms with Crippen LogP contribution in [0.2, 0.25) is 0 Å². The average Bonchev–Trinajstić information content (AvgIpc) is 2.19. The maximum atomic E-state index is 9.65. The van der Waals surface area contributed by atoms with Crippen LogP contribution in [0, 0.1) is 6.92 Å². The lowest BCUT2D eigenvalue weighted by atomic mass is 10.1. The molecule has 4 heteroatoms. The molecular formula is C10H13N3O. The third kappa shape index (κ3) is 3.09. The molecule has 0 aliphatic heterocycles. The maximum absolute atomic E-state index is 9.65. The number of azide groups is 1. The Balaban J connectivity index is 2.55. The summed E-state index contributed by atoms with van der Waals surface area (Å²) in [6.07, 6.45) is -0.0753. The Morgan fingerprint density at radius 3 is 2.64 bits per heavy atom. The third-order valence-corrected chi connectivity index (χ3v) is 2.03. The van der Waals surface area contributed by atoms with Gasteiger partial charge in [0.25, 0.3) is 0 Å². The van der Waals surface area contributed by atoms with Gasteiger partial charge in [-0.3, -0.25) is 0 Å². The van der Waals surface area contributed by atoms with E-state index in [1.165, 1.54) is 0 Å². The first-order valence-electron chi connectivity index (χ1n) is 4.49. The van der Waals surface area contributed by atoms with Crippen molar-refractivity contribution >= 4 is 0 Å². The van der Waals surface area contributed by atoms with Gasteiger partial charge in [0.15, 0.2) is 0 Å². The minimum absolute atomic E-state index is 0.325. The molecule has 0 saturated heterocycles. The minimum atomic E-state index is -0.541. The summed E-state index contributed by atoms with van der Waals surface area (Å²) in [6.45, 7) is 2.32. The van der Waals surface area contributed by atoms with Crippen LogP contribution in [-0.4, -0.2) is 11.7 Å². The largest absolute Gasteiger partial charge is 0.388 e. The van der Waals surface area contributed by atoms with Gasteiger partial charge in [0, 0.05) is 11.5 Å². The van der Waals surface area contributed by atoms with Gasteiger partial charge in [-0.1, -0.05) is 34.9 Å². The summed E-state index contributed by atoms with van der Waals surface area (Å²) >= 11 is 0. The molecule has 0 aliphatic carbocycles. The van der Waals surface area contributed by atoms with Gasteiger partial charge in [-0.05, 0) is 24.4 Å². The molecule has 1 atom stereocenters. The van der Waals surface area contributed by atoms with Crippen molar-refractivity contribution in [2.24, 2.45) is 5.11 Å². The molecule has 0 heterocycles. The van der Waals surface area contributed by atoms with Gasteiger partial charge in [0.05, 0.1) is 6.10 Å². The van der Waals surface area contributed by atoms with Gasteiger partial charge in [0.2, 0.25) is 0 Å². The molecule has 0 spiro atoms. The number of rotatable bonds is 4. The van der Waals surface area contributed by atoms with E-state index in [1.54, 1.807) is 0 Å². The van der Waals surface area contributed by atoms with Gasteiger partial charge in [0.1, 0.15) is 0 Å². The molecular weight excluding hydrogens is 178 g/mol. The first kappa shape index (κ1) is 10.6. The fourth-order valence-corrected chi connectivity index (χ4v) is 1.18. The Kier molecular flexibility index (Phi) is 3.98. The van der Waals surface area contributed by atoms with E-state index in [2.05, 4.69) is 10.0 Å². The normalized spacial score (nSPS) is 11.9. The summed E-state index contributed by atoms with van der Waals surface area (Å²) < 4.78 is 0. The van der Waals surface area contributed by atoms with Crippen LogP contribution in [0.5, 0.6) is 0 Å². The van der Waals surface area contributed by atoms with E-state index in [0.717, 1.165) is 11.1 Å². The van der Waals surface area contributed by atoms with Crippen LogP contribution >= 0.6 is 0 Å². The van der Waals surface area contributed by atoms with Crippen molar-refractivity contribution in [3.05, 3.63) is 45.8 Å². The van der Waals surface area contributed by atoms with Crippen molar-refractivity contribution in [1.82, 2.24) is 0 Å². The van der Waals surface area contributed by atoms with Crippen molar-refractivity contribution in [3.8, 4) is 0 Å². The van der Waals surface area contributed by atoms with Crippen LogP contribution < -0.4 is 0 Å². The Morgan fingerprint density at radius 2 is 2.07 bits per heavy atom. The van der Waals surface area contributed by atoms with E-state index >= 15 is 0 Å². The van der Waals surface area contributed by atoms with E-state index < -0.39 is 6.10 Å². The fraction of sp³-hybridized carbons (Fsp3) is 0.400. The third-order valence-electron chi connectivity index (χ3n) is 2.03. The number of aliphatic hydroxyl groups excluding tert-OH is 1. The molecule has 0 aliphatic rings. The summed E-state index contributed by atoms with van der Waals surface area (Å²) in [6, 6.07) is 7.67. The summed E-state index contributed by atoms with van der Waals surface area (Å²) in [5.41, 5.74) is 10.1. The Hall–Kier alpha value is -1.51. The van der Waals surface area contributed by atoms with E-state index in [9.17, 15) is 5.11 Å². The second-order valence-corrected chi connectivity index (χ2v) is 3.17. The molecule has 14 heavy (non-hydrogen) atoms. The van der Waals surface area contributed by atoms with E-state index in [0.29, 0.717) is 13.0 Å². The number of hydrogen-bond acceptors (Lipinski definition) is 2. The summed E-state index contributed by atoms with van der Waals surface area (Å²) in [5.74, 6) is 0. The molecule has 0 amide bonds. The Morgan fingerprint density at radius 1 is 1.43 bits per heavy atom. The zero-order chi connectivity index (χ0) is 10.4. The lowest BCUT2D eigenvalue weighted by Crippen LogP contribution is -1.98. The predicted octanol–water partition coefficient (Wildman–Crippen LogP) is 2.73. The molecule has 1 rings (SSSR count). The highest BCUT2D eigenvalue weighted by Crippen LogP contribution is 2.16. The lowest BCUT2D eigenvalue weighted by molar-refractivity contribution is 0.170. The SMILES string of the molecule is Cc1ccc(C(O)CCN=[N+]=[N-])cc1. The van der Waals surface area contributed by atoms with Gasteiger partial charge in [-0.25, -0.2) is 0 Å². The van der Waals surface area contributed by atoms with Crippen LogP contribution in [0.15, 0.2) is 29.4 Å². The van der Waals surface area contributed by atoms with Crippen LogP contribution in [0.4, 0.5) is 0 Å². The second kappa shape index (κ2) is 5.27. The molecule has 1 aromatic rings. The van der Waals surface area contributed by atoms with Gasteiger partial charge in [-0.15, -0.1) is 0 Å². The average molecular weight is 191 g/mol. The number of aryl methyl sites for hydroxylation is 1. The number of hydrogen-bond donors (Lipinski definition) is 1. The quantitative estimate of drug-likeness (QED) is 0.443. The molecule has 0 radical (unpaired) electrons. The standard InChI is InChI=1S/C10H13N3O/c1-8-2-4-9(5-3-8)10(14)6-7-12-13-11/h2-5,10,14H,6-7H2,1H3. The zero-order valence-corrected chi connectivity index (χ0v) is 8.09. The summed E-state index contributed by atoms with van der Waals surface area (Å²) in [5, 5.41) is 13.0. The molecule has 1 aromatic carbocycles. The number of benzene rings is 1. The first-order valence-corrected chi connectivity index (χ1v) is 4.49. The maximum Gasteiger partial charge on any atom is 0.0791 e. The fourth-order valence-electron chi connectivity index (χ4n) is 1.18. The van der Waals surface area contributed by atoms with E-state index in [4.69, 9.17) is 5.53 Å². The molecule has 0 aromatic heterocycles. The summed E-state index contributed by atoms with van der Waals surface area (Å²) in [7, 11) is 0. The van der Waals surface area contributed by atoms with E-state index in [-0.39, 0.29) is 0 Å². The summed E-state index contributed by atoms with van der Waals surface area (Å²) in [4.78, 5) is 2.63. The van der Waals surface area contributed by atoms with Gasteiger partial charge < -0.3 is 5.11 Å². The molecule has 4 nitrogen and oxygen atoms in total. The van der Waals surface area contributed by atoms with Gasteiger partial charge in [-0.2, -0.15) is 0 Å². The monoisotopic (exact) mass is 191 g/mol. The number of aliphatic hydroxyl groups is 1. The second-order valence-electron chi connectivity index (χ2n) is 3.17. The topological polar surface area (TPSA) is 69.0 Å². The van der Waals surface area contributed by atoms with Crippen molar-refractivity contribution < 1.29 is 5.11 Å².